The van der Waals surface area contributed by atoms with Gasteiger partial charge in [0.2, 0.25) is 0 Å². The molecule has 1 N–H and O–H groups in total. The Morgan fingerprint density at radius 3 is 2.79 bits per heavy atom. The number of hydrogen-bond acceptors (Lipinski definition) is 4. The Kier molecular flexibility index (Phi) is 2.09. The van der Waals surface area contributed by atoms with Crippen LogP contribution < -0.4 is 0 Å². The summed E-state index contributed by atoms with van der Waals surface area (Å²) < 4.78 is 4.98. The number of carbonyl (C=O) groups is 2. The number of allylic oxidation sites excluding steroid dienone is 2. The summed E-state index contributed by atoms with van der Waals surface area (Å²) in [6, 6.07) is 0. The molecule has 1 saturated heterocycles. The van der Waals surface area contributed by atoms with Gasteiger partial charge in [-0.15, -0.1) is 0 Å². The van der Waals surface area contributed by atoms with E-state index >= 15 is 0 Å². The van der Waals surface area contributed by atoms with E-state index in [1.165, 1.54) is 6.08 Å². The number of ether oxygens (including phenoxy) is 1. The third kappa shape index (κ3) is 1.15. The van der Waals surface area contributed by atoms with E-state index in [0.29, 0.717) is 6.29 Å². The van der Waals surface area contributed by atoms with Crippen LogP contribution in [0.1, 0.15) is 6.92 Å². The van der Waals surface area contributed by atoms with Crippen molar-refractivity contribution in [3.05, 3.63) is 23.3 Å². The second-order valence-corrected chi connectivity index (χ2v) is 3.32. The monoisotopic (exact) mass is 194 g/mol. The maximum absolute atomic E-state index is 11.6. The van der Waals surface area contributed by atoms with E-state index in [-0.39, 0.29) is 16.9 Å². The molecule has 0 unspecified atom stereocenters. The van der Waals surface area contributed by atoms with E-state index in [4.69, 9.17) is 4.74 Å². The van der Waals surface area contributed by atoms with Crippen molar-refractivity contribution in [1.82, 2.24) is 0 Å². The predicted octanol–water partition coefficient (Wildman–Crippen LogP) is -0.231. The van der Waals surface area contributed by atoms with E-state index in [2.05, 4.69) is 0 Å². The molecule has 1 aliphatic carbocycles. The first-order chi connectivity index (χ1) is 6.70. The minimum atomic E-state index is -0.957. The molecule has 2 rings (SSSR count). The van der Waals surface area contributed by atoms with Gasteiger partial charge >= 0.3 is 0 Å². The SMILES string of the molecule is C/C=C\C1=C(C=O)[C@@H](O)[C@@H]2O[C@@H]2C1=O. The topological polar surface area (TPSA) is 66.9 Å². The molecule has 1 aliphatic heterocycles. The van der Waals surface area contributed by atoms with Crippen LogP contribution in [0.15, 0.2) is 23.3 Å². The fourth-order valence-corrected chi connectivity index (χ4v) is 1.68. The highest BCUT2D eigenvalue weighted by molar-refractivity contribution is 6.09. The molecular weight excluding hydrogens is 184 g/mol. The van der Waals surface area contributed by atoms with Gasteiger partial charge in [-0.1, -0.05) is 12.2 Å². The zero-order valence-corrected chi connectivity index (χ0v) is 7.64. The third-order valence-electron chi connectivity index (χ3n) is 2.45. The summed E-state index contributed by atoms with van der Waals surface area (Å²) in [5.41, 5.74) is 0.403. The van der Waals surface area contributed by atoms with Gasteiger partial charge in [0.05, 0.1) is 0 Å². The van der Waals surface area contributed by atoms with Crippen LogP contribution in [0.5, 0.6) is 0 Å². The number of epoxide rings is 1. The molecule has 1 heterocycles. The fourth-order valence-electron chi connectivity index (χ4n) is 1.68. The highest BCUT2D eigenvalue weighted by Gasteiger charge is 2.55. The molecule has 4 nitrogen and oxygen atoms in total. The molecule has 0 aromatic heterocycles. The minimum Gasteiger partial charge on any atom is -0.385 e. The molecule has 14 heavy (non-hydrogen) atoms. The Balaban J connectivity index is 2.46. The summed E-state index contributed by atoms with van der Waals surface area (Å²) in [6.45, 7) is 1.74. The Morgan fingerprint density at radius 2 is 2.21 bits per heavy atom. The normalized spacial score (nSPS) is 36.1. The van der Waals surface area contributed by atoms with Crippen molar-refractivity contribution in [3.63, 3.8) is 0 Å². The average molecular weight is 194 g/mol. The van der Waals surface area contributed by atoms with Crippen molar-refractivity contribution < 1.29 is 19.4 Å². The lowest BCUT2D eigenvalue weighted by Crippen LogP contribution is -2.31. The number of hydrogen-bond donors (Lipinski definition) is 1. The molecule has 0 spiro atoms. The summed E-state index contributed by atoms with van der Waals surface area (Å²) in [7, 11) is 0. The molecule has 1 fully saturated rings. The summed E-state index contributed by atoms with van der Waals surface area (Å²) in [5, 5.41) is 9.59. The van der Waals surface area contributed by atoms with Gasteiger partial charge in [-0.05, 0) is 6.92 Å². The van der Waals surface area contributed by atoms with E-state index < -0.39 is 18.3 Å². The second kappa shape index (κ2) is 3.15. The van der Waals surface area contributed by atoms with Gasteiger partial charge in [0, 0.05) is 11.1 Å². The highest BCUT2D eigenvalue weighted by Crippen LogP contribution is 2.37. The first-order valence-corrected chi connectivity index (χ1v) is 4.40. The van der Waals surface area contributed by atoms with Crippen molar-refractivity contribution >= 4 is 12.1 Å². The molecular formula is C10H10O4. The zero-order valence-electron chi connectivity index (χ0n) is 7.64. The quantitative estimate of drug-likeness (QED) is 0.487. The molecule has 74 valence electrons. The Labute approximate surface area is 80.9 Å². The molecule has 0 aromatic rings. The Hall–Kier alpha value is -1.26. The van der Waals surface area contributed by atoms with Crippen LogP contribution >= 0.6 is 0 Å². The Bertz CT molecular complexity index is 353. The van der Waals surface area contributed by atoms with Crippen molar-refractivity contribution in [2.75, 3.05) is 0 Å². The number of rotatable bonds is 2. The first-order valence-electron chi connectivity index (χ1n) is 4.40. The standard InChI is InChI=1S/C10H10O4/c1-2-3-5-6(4-11)8(13)10-9(14-10)7(5)12/h2-4,8-10,13H,1H3/b3-2-/t8-,9-,10+/m1/s1. The largest absolute Gasteiger partial charge is 0.385 e. The van der Waals surface area contributed by atoms with Gasteiger partial charge in [0.15, 0.2) is 5.78 Å². The van der Waals surface area contributed by atoms with Crippen molar-refractivity contribution in [3.8, 4) is 0 Å². The number of aliphatic hydroxyl groups excluding tert-OH is 1. The van der Waals surface area contributed by atoms with E-state index in [9.17, 15) is 14.7 Å². The Morgan fingerprint density at radius 1 is 1.50 bits per heavy atom. The smallest absolute Gasteiger partial charge is 0.194 e. The van der Waals surface area contributed by atoms with Gasteiger partial charge < -0.3 is 9.84 Å². The molecule has 4 heteroatoms. The first kappa shape index (κ1) is 9.30. The third-order valence-corrected chi connectivity index (χ3v) is 2.45. The van der Waals surface area contributed by atoms with Gasteiger partial charge in [-0.2, -0.15) is 0 Å². The summed E-state index contributed by atoms with van der Waals surface area (Å²) in [4.78, 5) is 22.3. The second-order valence-electron chi connectivity index (χ2n) is 3.32. The van der Waals surface area contributed by atoms with Crippen LogP contribution in [-0.2, 0) is 14.3 Å². The predicted molar refractivity (Wildman–Crippen MR) is 47.6 cm³/mol. The molecule has 3 atom stereocenters. The number of aliphatic hydroxyl groups is 1. The van der Waals surface area contributed by atoms with Crippen molar-refractivity contribution in [2.24, 2.45) is 0 Å². The lowest BCUT2D eigenvalue weighted by molar-refractivity contribution is -0.117. The van der Waals surface area contributed by atoms with Gasteiger partial charge in [-0.25, -0.2) is 0 Å². The lowest BCUT2D eigenvalue weighted by atomic mass is 9.89. The summed E-state index contributed by atoms with van der Waals surface area (Å²) in [5.74, 6) is -0.208. The highest BCUT2D eigenvalue weighted by atomic mass is 16.6. The van der Waals surface area contributed by atoms with Crippen molar-refractivity contribution in [1.29, 1.82) is 0 Å². The van der Waals surface area contributed by atoms with Crippen LogP contribution in [0.2, 0.25) is 0 Å². The molecule has 0 radical (unpaired) electrons. The molecule has 0 aromatic carbocycles. The molecule has 2 aliphatic rings. The number of ketones is 1. The molecule has 0 bridgehead atoms. The molecule has 0 saturated carbocycles. The van der Waals surface area contributed by atoms with E-state index in [0.717, 1.165) is 0 Å². The lowest BCUT2D eigenvalue weighted by Gasteiger charge is -2.14. The number of aldehydes is 1. The number of fused-ring (bicyclic) bond motifs is 1. The fraction of sp³-hybridized carbons (Fsp3) is 0.400. The zero-order chi connectivity index (χ0) is 10.3. The van der Waals surface area contributed by atoms with Crippen LogP contribution in [-0.4, -0.2) is 35.5 Å². The molecule has 0 amide bonds. The van der Waals surface area contributed by atoms with Crippen LogP contribution in [0.4, 0.5) is 0 Å². The minimum absolute atomic E-state index is 0.131. The summed E-state index contributed by atoms with van der Waals surface area (Å²) in [6.07, 6.45) is 1.72. The average Bonchev–Trinajstić information content (AvgIpc) is 2.94. The van der Waals surface area contributed by atoms with E-state index in [1.54, 1.807) is 13.0 Å². The van der Waals surface area contributed by atoms with Gasteiger partial charge in [0.25, 0.3) is 0 Å². The van der Waals surface area contributed by atoms with E-state index in [1.807, 2.05) is 0 Å². The number of carbonyl (C=O) groups excluding carboxylic acids is 2. The van der Waals surface area contributed by atoms with Gasteiger partial charge in [-0.3, -0.25) is 9.59 Å². The maximum atomic E-state index is 11.6. The van der Waals surface area contributed by atoms with Gasteiger partial charge in [0.1, 0.15) is 24.6 Å². The van der Waals surface area contributed by atoms with Crippen molar-refractivity contribution in [2.45, 2.75) is 25.2 Å². The number of Topliss-reactive ketones (excluding diaryl/α,β-unsaturated/α-hetero) is 1. The maximum Gasteiger partial charge on any atom is 0.194 e. The van der Waals surface area contributed by atoms with Crippen LogP contribution in [0, 0.1) is 0 Å². The van der Waals surface area contributed by atoms with Crippen LogP contribution in [0.3, 0.4) is 0 Å². The summed E-state index contributed by atoms with van der Waals surface area (Å²) >= 11 is 0. The van der Waals surface area contributed by atoms with Crippen LogP contribution in [0.25, 0.3) is 0 Å².